The summed E-state index contributed by atoms with van der Waals surface area (Å²) in [6.45, 7) is 2.79. The minimum atomic E-state index is -0.302. The van der Waals surface area contributed by atoms with Gasteiger partial charge in [-0.2, -0.15) is 0 Å². The maximum absolute atomic E-state index is 12.2. The molecule has 1 atom stereocenters. The van der Waals surface area contributed by atoms with Crippen LogP contribution >= 0.6 is 11.3 Å². The highest BCUT2D eigenvalue weighted by atomic mass is 32.1. The first-order chi connectivity index (χ1) is 14.7. The Morgan fingerprint density at radius 2 is 1.80 bits per heavy atom. The van der Waals surface area contributed by atoms with Gasteiger partial charge in [-0.25, -0.2) is 4.79 Å². The van der Waals surface area contributed by atoms with Crippen molar-refractivity contribution in [1.82, 2.24) is 0 Å². The number of hydrogen-bond acceptors (Lipinski definition) is 3. The summed E-state index contributed by atoms with van der Waals surface area (Å²) in [6, 6.07) is 27.0. The van der Waals surface area contributed by atoms with Crippen molar-refractivity contribution < 1.29 is 9.73 Å². The first-order valence-electron chi connectivity index (χ1n) is 10.1. The van der Waals surface area contributed by atoms with Gasteiger partial charge in [0.25, 0.3) is 0 Å². The van der Waals surface area contributed by atoms with E-state index < -0.39 is 0 Å². The molecule has 5 rings (SSSR count). The van der Waals surface area contributed by atoms with Gasteiger partial charge in [0.15, 0.2) is 0 Å². The van der Waals surface area contributed by atoms with E-state index in [4.69, 9.17) is 4.42 Å². The van der Waals surface area contributed by atoms with Crippen molar-refractivity contribution >= 4 is 33.1 Å². The second kappa shape index (κ2) is 7.90. The summed E-state index contributed by atoms with van der Waals surface area (Å²) in [5.74, 6) is 0. The molecule has 0 saturated heterocycles. The van der Waals surface area contributed by atoms with Crippen molar-refractivity contribution in [2.45, 2.75) is 19.5 Å². The van der Waals surface area contributed by atoms with Crippen molar-refractivity contribution in [2.24, 2.45) is 0 Å². The van der Waals surface area contributed by atoms with Crippen LogP contribution in [-0.2, 0) is 6.54 Å². The average Bonchev–Trinajstić information content (AvgIpc) is 3.29. The summed E-state index contributed by atoms with van der Waals surface area (Å²) in [6.07, 6.45) is 0. The molecule has 0 aliphatic heterocycles. The van der Waals surface area contributed by atoms with Gasteiger partial charge in [0.05, 0.1) is 4.88 Å². The summed E-state index contributed by atoms with van der Waals surface area (Å²) in [7, 11) is 0. The highest BCUT2D eigenvalue weighted by molar-refractivity contribution is 7.10. The maximum atomic E-state index is 12.2. The molecular formula is C26H22NO2S+. The van der Waals surface area contributed by atoms with E-state index >= 15 is 0 Å². The molecule has 3 nitrogen and oxygen atoms in total. The van der Waals surface area contributed by atoms with Gasteiger partial charge in [-0.3, -0.25) is 0 Å². The van der Waals surface area contributed by atoms with Crippen LogP contribution in [0.15, 0.2) is 93.5 Å². The number of benzene rings is 3. The van der Waals surface area contributed by atoms with Crippen molar-refractivity contribution in [3.8, 4) is 0 Å². The predicted octanol–water partition coefficient (Wildman–Crippen LogP) is 5.17. The largest absolute Gasteiger partial charge is 0.423 e. The smallest absolute Gasteiger partial charge is 0.336 e. The van der Waals surface area contributed by atoms with Crippen LogP contribution in [0.3, 0.4) is 0 Å². The number of thiophene rings is 1. The normalized spacial score (nSPS) is 12.4. The van der Waals surface area contributed by atoms with Crippen molar-refractivity contribution in [3.05, 3.63) is 116 Å². The highest BCUT2D eigenvalue weighted by Gasteiger charge is 2.20. The second-order valence-electron chi connectivity index (χ2n) is 7.59. The van der Waals surface area contributed by atoms with Gasteiger partial charge in [0.1, 0.15) is 18.2 Å². The van der Waals surface area contributed by atoms with Crippen molar-refractivity contribution in [2.75, 3.05) is 0 Å². The van der Waals surface area contributed by atoms with Gasteiger partial charge < -0.3 is 9.73 Å². The van der Waals surface area contributed by atoms with E-state index in [0.29, 0.717) is 12.1 Å². The molecular weight excluding hydrogens is 390 g/mol. The average molecular weight is 413 g/mol. The number of quaternary nitrogens is 1. The zero-order chi connectivity index (χ0) is 20.5. The Morgan fingerprint density at radius 1 is 0.967 bits per heavy atom. The maximum Gasteiger partial charge on any atom is 0.336 e. The number of nitrogens with two attached hydrogens (primary N) is 1. The van der Waals surface area contributed by atoms with Gasteiger partial charge in [0, 0.05) is 22.6 Å². The number of hydrogen-bond donors (Lipinski definition) is 1. The minimum absolute atomic E-state index is 0.183. The lowest BCUT2D eigenvalue weighted by Crippen LogP contribution is -2.83. The van der Waals surface area contributed by atoms with E-state index in [-0.39, 0.29) is 11.7 Å². The Hall–Kier alpha value is -3.21. The fourth-order valence-electron chi connectivity index (χ4n) is 4.08. The molecule has 0 unspecified atom stereocenters. The molecule has 30 heavy (non-hydrogen) atoms. The SMILES string of the molecule is Cc1ccc([C@@H]([NH2+]Cc2cc(=O)oc3ccc4ccccc4c23)c2cccs2)cc1. The molecule has 0 spiro atoms. The molecule has 2 heterocycles. The van der Waals surface area contributed by atoms with Crippen LogP contribution in [0.25, 0.3) is 21.7 Å². The molecule has 148 valence electrons. The summed E-state index contributed by atoms with van der Waals surface area (Å²) >= 11 is 1.76. The third-order valence-corrected chi connectivity index (χ3v) is 6.53. The molecule has 0 aliphatic carbocycles. The van der Waals surface area contributed by atoms with Gasteiger partial charge in [-0.05, 0) is 35.2 Å². The highest BCUT2D eigenvalue weighted by Crippen LogP contribution is 2.28. The fourth-order valence-corrected chi connectivity index (χ4v) is 4.93. The van der Waals surface area contributed by atoms with E-state index in [1.807, 2.05) is 24.3 Å². The summed E-state index contributed by atoms with van der Waals surface area (Å²) < 4.78 is 5.52. The lowest BCUT2D eigenvalue weighted by molar-refractivity contribution is -0.701. The third kappa shape index (κ3) is 3.56. The van der Waals surface area contributed by atoms with E-state index in [1.165, 1.54) is 16.0 Å². The molecule has 0 saturated carbocycles. The monoisotopic (exact) mass is 412 g/mol. The molecule has 4 heteroatoms. The van der Waals surface area contributed by atoms with Crippen LogP contribution in [0.5, 0.6) is 0 Å². The standard InChI is InChI=1S/C26H21NO2S/c1-17-8-10-19(11-9-17)26(23-7-4-14-30-23)27-16-20-15-24(28)29-22-13-12-18-5-2-3-6-21(18)25(20)22/h2-15,26-27H,16H2,1H3/p+1/t26-/m1/s1. The van der Waals surface area contributed by atoms with Crippen LogP contribution in [0.1, 0.15) is 27.6 Å². The summed E-state index contributed by atoms with van der Waals surface area (Å²) in [4.78, 5) is 13.5. The molecule has 0 aliphatic rings. The summed E-state index contributed by atoms with van der Waals surface area (Å²) in [5, 5.41) is 7.72. The minimum Gasteiger partial charge on any atom is -0.423 e. The predicted molar refractivity (Wildman–Crippen MR) is 123 cm³/mol. The number of aryl methyl sites for hydroxylation is 1. The Labute approximate surface area is 178 Å². The van der Waals surface area contributed by atoms with E-state index in [2.05, 4.69) is 66.2 Å². The van der Waals surface area contributed by atoms with Crippen LogP contribution in [0, 0.1) is 6.92 Å². The molecule has 0 bridgehead atoms. The Morgan fingerprint density at radius 3 is 2.60 bits per heavy atom. The van der Waals surface area contributed by atoms with Crippen molar-refractivity contribution in [3.63, 3.8) is 0 Å². The van der Waals surface area contributed by atoms with Gasteiger partial charge in [-0.1, -0.05) is 66.2 Å². The quantitative estimate of drug-likeness (QED) is 0.320. The third-order valence-electron chi connectivity index (χ3n) is 5.57. The van der Waals surface area contributed by atoms with Crippen LogP contribution in [0.2, 0.25) is 0 Å². The van der Waals surface area contributed by atoms with Crippen LogP contribution in [-0.4, -0.2) is 0 Å². The lowest BCUT2D eigenvalue weighted by Gasteiger charge is -2.16. The molecule has 3 aromatic carbocycles. The number of rotatable bonds is 5. The lowest BCUT2D eigenvalue weighted by atomic mass is 10.0. The van der Waals surface area contributed by atoms with Crippen LogP contribution in [0.4, 0.5) is 0 Å². The Kier molecular flexibility index (Phi) is 4.95. The Balaban J connectivity index is 1.58. The van der Waals surface area contributed by atoms with Crippen molar-refractivity contribution in [1.29, 1.82) is 0 Å². The van der Waals surface area contributed by atoms with Crippen LogP contribution < -0.4 is 10.9 Å². The van der Waals surface area contributed by atoms with E-state index in [9.17, 15) is 4.79 Å². The molecule has 5 aromatic rings. The molecule has 2 aromatic heterocycles. The van der Waals surface area contributed by atoms with Gasteiger partial charge >= 0.3 is 5.63 Å². The first kappa shape index (κ1) is 18.8. The molecule has 0 fully saturated rings. The fraction of sp³-hybridized carbons (Fsp3) is 0.115. The zero-order valence-corrected chi connectivity index (χ0v) is 17.5. The number of fused-ring (bicyclic) bond motifs is 3. The molecule has 0 radical (unpaired) electrons. The first-order valence-corrected chi connectivity index (χ1v) is 10.9. The molecule has 0 amide bonds. The van der Waals surface area contributed by atoms with E-state index in [1.54, 1.807) is 17.4 Å². The summed E-state index contributed by atoms with van der Waals surface area (Å²) in [5.41, 5.74) is 3.87. The van der Waals surface area contributed by atoms with E-state index in [0.717, 1.165) is 21.7 Å². The topological polar surface area (TPSA) is 46.8 Å². The van der Waals surface area contributed by atoms with Gasteiger partial charge in [0.2, 0.25) is 0 Å². The Bertz CT molecular complexity index is 1370. The second-order valence-corrected chi connectivity index (χ2v) is 8.57. The zero-order valence-electron chi connectivity index (χ0n) is 16.7. The van der Waals surface area contributed by atoms with Gasteiger partial charge in [-0.15, -0.1) is 11.3 Å². The molecule has 2 N–H and O–H groups in total.